The van der Waals surface area contributed by atoms with Gasteiger partial charge in [0.25, 0.3) is 0 Å². The molecule has 4 aromatic rings. The minimum Gasteiger partial charge on any atom is -0.497 e. The minimum absolute atomic E-state index is 0.763. The van der Waals surface area contributed by atoms with Gasteiger partial charge in [-0.3, -0.25) is 4.72 Å². The second kappa shape index (κ2) is 7.69. The number of hydrogen-bond donors (Lipinski definition) is 3. The van der Waals surface area contributed by atoms with Crippen LogP contribution in [0.1, 0.15) is 0 Å². The van der Waals surface area contributed by atoms with E-state index in [-0.39, 0.29) is 0 Å². The van der Waals surface area contributed by atoms with Gasteiger partial charge in [0, 0.05) is 22.3 Å². The molecule has 0 atom stereocenters. The van der Waals surface area contributed by atoms with Crippen molar-refractivity contribution in [3.63, 3.8) is 0 Å². The Hall–Kier alpha value is -3.03. The van der Waals surface area contributed by atoms with Gasteiger partial charge in [-0.15, -0.1) is 0 Å². The Bertz CT molecular complexity index is 1060. The first-order chi connectivity index (χ1) is 13.3. The van der Waals surface area contributed by atoms with Crippen molar-refractivity contribution in [1.29, 1.82) is 0 Å². The molecule has 0 aliphatic carbocycles. The normalized spacial score (nSPS) is 10.9. The molecule has 6 nitrogen and oxygen atoms in total. The number of rotatable bonds is 6. The highest BCUT2D eigenvalue weighted by molar-refractivity contribution is 7.97. The summed E-state index contributed by atoms with van der Waals surface area (Å²) in [5, 5.41) is 4.38. The quantitative estimate of drug-likeness (QED) is 0.426. The summed E-state index contributed by atoms with van der Waals surface area (Å²) in [6.07, 6.45) is 3.52. The van der Waals surface area contributed by atoms with Crippen LogP contribution in [0.15, 0.2) is 66.0 Å². The van der Waals surface area contributed by atoms with Gasteiger partial charge in [0.1, 0.15) is 23.5 Å². The molecule has 0 spiro atoms. The van der Waals surface area contributed by atoms with E-state index in [9.17, 15) is 0 Å². The van der Waals surface area contributed by atoms with Crippen LogP contribution < -0.4 is 14.8 Å². The molecule has 0 bridgehead atoms. The summed E-state index contributed by atoms with van der Waals surface area (Å²) < 4.78 is 8.34. The molecule has 2 aromatic heterocycles. The Morgan fingerprint density at radius 2 is 1.93 bits per heavy atom. The molecule has 2 aromatic carbocycles. The van der Waals surface area contributed by atoms with E-state index in [1.165, 1.54) is 0 Å². The highest BCUT2D eigenvalue weighted by Crippen LogP contribution is 2.34. The van der Waals surface area contributed by atoms with Gasteiger partial charge in [-0.05, 0) is 54.9 Å². The van der Waals surface area contributed by atoms with Crippen LogP contribution in [0.25, 0.3) is 22.2 Å². The molecular weight excluding hydrogens is 358 g/mol. The van der Waals surface area contributed by atoms with E-state index in [1.54, 1.807) is 25.4 Å². The highest BCUT2D eigenvalue weighted by atomic mass is 32.2. The standard InChI is InChI=1S/C20H19N5OS/c1-21-27-16-5-3-4-14(10-16)25-20-18-17(11-22-19(18)23-12-24-20)13-6-8-15(26-2)9-7-13/h3-12,21H,1-2H3,(H2,22,23,24,25). The number of ether oxygens (including phenoxy) is 1. The number of nitrogens with zero attached hydrogens (tertiary/aromatic N) is 2. The molecule has 27 heavy (non-hydrogen) atoms. The Labute approximate surface area is 161 Å². The molecule has 0 saturated carbocycles. The van der Waals surface area contributed by atoms with Crippen LogP contribution >= 0.6 is 11.9 Å². The average Bonchev–Trinajstić information content (AvgIpc) is 3.14. The smallest absolute Gasteiger partial charge is 0.143 e. The molecule has 0 aliphatic rings. The highest BCUT2D eigenvalue weighted by Gasteiger charge is 2.13. The second-order valence-electron chi connectivity index (χ2n) is 5.84. The lowest BCUT2D eigenvalue weighted by molar-refractivity contribution is 0.415. The molecule has 4 rings (SSSR count). The second-order valence-corrected chi connectivity index (χ2v) is 6.92. The summed E-state index contributed by atoms with van der Waals surface area (Å²) in [4.78, 5) is 13.2. The van der Waals surface area contributed by atoms with E-state index in [0.717, 1.165) is 44.3 Å². The van der Waals surface area contributed by atoms with Gasteiger partial charge in [0.2, 0.25) is 0 Å². The van der Waals surface area contributed by atoms with E-state index in [4.69, 9.17) is 4.74 Å². The lowest BCUT2D eigenvalue weighted by Crippen LogP contribution is -1.97. The van der Waals surface area contributed by atoms with E-state index in [0.29, 0.717) is 0 Å². The van der Waals surface area contributed by atoms with Crippen molar-refractivity contribution in [3.8, 4) is 16.9 Å². The third kappa shape index (κ3) is 3.60. The average molecular weight is 377 g/mol. The first-order valence-corrected chi connectivity index (χ1v) is 9.27. The van der Waals surface area contributed by atoms with Crippen LogP contribution in [-0.4, -0.2) is 29.1 Å². The molecule has 0 saturated heterocycles. The maximum Gasteiger partial charge on any atom is 0.143 e. The summed E-state index contributed by atoms with van der Waals surface area (Å²) in [5.74, 6) is 1.59. The first-order valence-electron chi connectivity index (χ1n) is 8.45. The fraction of sp³-hybridized carbons (Fsp3) is 0.100. The van der Waals surface area contributed by atoms with Gasteiger partial charge in [-0.2, -0.15) is 0 Å². The Morgan fingerprint density at radius 3 is 2.70 bits per heavy atom. The largest absolute Gasteiger partial charge is 0.497 e. The topological polar surface area (TPSA) is 74.9 Å². The van der Waals surface area contributed by atoms with Crippen molar-refractivity contribution in [2.45, 2.75) is 4.90 Å². The SMILES string of the molecule is CNSc1cccc(Nc2ncnc3[nH]cc(-c4ccc(OC)cc4)c23)c1. The van der Waals surface area contributed by atoms with E-state index in [2.05, 4.69) is 37.1 Å². The Morgan fingerprint density at radius 1 is 1.07 bits per heavy atom. The number of aromatic nitrogens is 3. The van der Waals surface area contributed by atoms with E-state index < -0.39 is 0 Å². The van der Waals surface area contributed by atoms with Gasteiger partial charge in [0.05, 0.1) is 12.5 Å². The van der Waals surface area contributed by atoms with E-state index >= 15 is 0 Å². The molecule has 3 N–H and O–H groups in total. The van der Waals surface area contributed by atoms with Crippen LogP contribution in [0.3, 0.4) is 0 Å². The maximum absolute atomic E-state index is 5.26. The molecule has 0 fully saturated rings. The number of aromatic amines is 1. The van der Waals surface area contributed by atoms with Gasteiger partial charge in [-0.1, -0.05) is 18.2 Å². The first kappa shape index (κ1) is 17.4. The molecule has 0 amide bonds. The molecule has 136 valence electrons. The molecule has 0 unspecified atom stereocenters. The maximum atomic E-state index is 5.26. The lowest BCUT2D eigenvalue weighted by Gasteiger charge is -2.10. The molecule has 2 heterocycles. The van der Waals surface area contributed by atoms with Crippen molar-refractivity contribution < 1.29 is 4.74 Å². The minimum atomic E-state index is 0.763. The Kier molecular flexibility index (Phi) is 4.95. The molecule has 7 heteroatoms. The van der Waals surface area contributed by atoms with Crippen LogP contribution in [0.4, 0.5) is 11.5 Å². The third-order valence-electron chi connectivity index (χ3n) is 4.19. The number of nitrogens with one attached hydrogen (secondary N) is 3. The van der Waals surface area contributed by atoms with Gasteiger partial charge in [-0.25, -0.2) is 9.97 Å². The monoisotopic (exact) mass is 377 g/mol. The van der Waals surface area contributed by atoms with E-state index in [1.807, 2.05) is 49.6 Å². The zero-order valence-corrected chi connectivity index (χ0v) is 15.8. The predicted octanol–water partition coefficient (Wildman–Crippen LogP) is 4.60. The van der Waals surface area contributed by atoms with Crippen LogP contribution in [-0.2, 0) is 0 Å². The number of fused-ring (bicyclic) bond motifs is 1. The number of anilines is 2. The zero-order chi connectivity index (χ0) is 18.6. The predicted molar refractivity (Wildman–Crippen MR) is 111 cm³/mol. The van der Waals surface area contributed by atoms with Crippen molar-refractivity contribution in [1.82, 2.24) is 19.7 Å². The number of methoxy groups -OCH3 is 1. The third-order valence-corrected chi connectivity index (χ3v) is 4.88. The fourth-order valence-electron chi connectivity index (χ4n) is 2.95. The molecular formula is C20H19N5OS. The lowest BCUT2D eigenvalue weighted by atomic mass is 10.1. The zero-order valence-electron chi connectivity index (χ0n) is 15.0. The van der Waals surface area contributed by atoms with Gasteiger partial charge >= 0.3 is 0 Å². The number of H-pyrrole nitrogens is 1. The summed E-state index contributed by atoms with van der Waals surface area (Å²) in [7, 11) is 3.57. The van der Waals surface area contributed by atoms with Crippen LogP contribution in [0.5, 0.6) is 5.75 Å². The van der Waals surface area contributed by atoms with Crippen molar-refractivity contribution in [2.24, 2.45) is 0 Å². The van der Waals surface area contributed by atoms with Crippen molar-refractivity contribution in [2.75, 3.05) is 19.5 Å². The molecule has 0 radical (unpaired) electrons. The van der Waals surface area contributed by atoms with Crippen molar-refractivity contribution in [3.05, 3.63) is 61.1 Å². The molecule has 0 aliphatic heterocycles. The van der Waals surface area contributed by atoms with Gasteiger partial charge in [0.15, 0.2) is 0 Å². The number of hydrogen-bond acceptors (Lipinski definition) is 6. The van der Waals surface area contributed by atoms with Gasteiger partial charge < -0.3 is 15.0 Å². The number of benzene rings is 2. The summed E-state index contributed by atoms with van der Waals surface area (Å²) in [6.45, 7) is 0. The van der Waals surface area contributed by atoms with Crippen LogP contribution in [0, 0.1) is 0 Å². The van der Waals surface area contributed by atoms with Crippen molar-refractivity contribution >= 4 is 34.5 Å². The Balaban J connectivity index is 1.75. The van der Waals surface area contributed by atoms with Crippen LogP contribution in [0.2, 0.25) is 0 Å². The summed E-state index contributed by atoms with van der Waals surface area (Å²) in [6, 6.07) is 16.1. The summed E-state index contributed by atoms with van der Waals surface area (Å²) in [5.41, 5.74) is 3.87. The summed E-state index contributed by atoms with van der Waals surface area (Å²) >= 11 is 1.57. The fourth-order valence-corrected chi connectivity index (χ4v) is 3.52.